The summed E-state index contributed by atoms with van der Waals surface area (Å²) in [4.78, 5) is 12.5. The Bertz CT molecular complexity index is 919. The van der Waals surface area contributed by atoms with Crippen LogP contribution in [0.2, 0.25) is 0 Å². The van der Waals surface area contributed by atoms with Crippen LogP contribution >= 0.6 is 0 Å². The number of fused-ring (bicyclic) bond motifs is 5. The highest BCUT2D eigenvalue weighted by Crippen LogP contribution is 2.68. The predicted octanol–water partition coefficient (Wildman–Crippen LogP) is 5.11. The van der Waals surface area contributed by atoms with Crippen LogP contribution in [-0.4, -0.2) is 39.6 Å². The summed E-state index contributed by atoms with van der Waals surface area (Å²) in [5.74, 6) is 1.68. The summed E-state index contributed by atoms with van der Waals surface area (Å²) in [5.41, 5.74) is 0.865. The zero-order valence-corrected chi connectivity index (χ0v) is 22.3. The second-order valence-corrected chi connectivity index (χ2v) is 13.2. The van der Waals surface area contributed by atoms with Gasteiger partial charge in [-0.3, -0.25) is 4.79 Å². The lowest BCUT2D eigenvalue weighted by Gasteiger charge is -2.63. The summed E-state index contributed by atoms with van der Waals surface area (Å²) in [5, 5.41) is 33.4. The quantitative estimate of drug-likeness (QED) is 0.475. The van der Waals surface area contributed by atoms with Crippen LogP contribution in [0.3, 0.4) is 0 Å². The van der Waals surface area contributed by atoms with E-state index in [0.717, 1.165) is 56.9 Å². The first-order chi connectivity index (χ1) is 17.1. The van der Waals surface area contributed by atoms with E-state index in [2.05, 4.69) is 20.8 Å². The molecule has 1 aromatic carbocycles. The first-order valence-corrected chi connectivity index (χ1v) is 14.4. The van der Waals surface area contributed by atoms with Crippen LogP contribution < -0.4 is 0 Å². The van der Waals surface area contributed by atoms with E-state index in [-0.39, 0.29) is 34.9 Å². The molecule has 0 spiro atoms. The summed E-state index contributed by atoms with van der Waals surface area (Å²) in [6.07, 6.45) is 6.42. The molecule has 0 saturated heterocycles. The monoisotopic (exact) mass is 498 g/mol. The zero-order valence-electron chi connectivity index (χ0n) is 22.3. The van der Waals surface area contributed by atoms with E-state index in [1.807, 2.05) is 30.3 Å². The molecule has 4 fully saturated rings. The van der Waals surface area contributed by atoms with Crippen LogP contribution in [0.15, 0.2) is 30.3 Å². The maximum atomic E-state index is 12.5. The van der Waals surface area contributed by atoms with E-state index in [9.17, 15) is 20.1 Å². The van der Waals surface area contributed by atoms with Crippen LogP contribution in [0.4, 0.5) is 0 Å². The number of hydrogen-bond donors (Lipinski definition) is 3. The lowest BCUT2D eigenvalue weighted by Crippen LogP contribution is -2.62. The zero-order chi connectivity index (χ0) is 25.7. The molecule has 1 aromatic rings. The minimum Gasteiger partial charge on any atom is -0.461 e. The largest absolute Gasteiger partial charge is 0.461 e. The molecule has 5 nitrogen and oxygen atoms in total. The predicted molar refractivity (Wildman–Crippen MR) is 139 cm³/mol. The Morgan fingerprint density at radius 1 is 1.03 bits per heavy atom. The first-order valence-electron chi connectivity index (χ1n) is 14.4. The Morgan fingerprint density at radius 2 is 1.78 bits per heavy atom. The van der Waals surface area contributed by atoms with Gasteiger partial charge in [0, 0.05) is 6.42 Å². The molecular formula is C31H46O5. The van der Waals surface area contributed by atoms with Gasteiger partial charge in [0.25, 0.3) is 0 Å². The topological polar surface area (TPSA) is 87.0 Å². The van der Waals surface area contributed by atoms with Crippen molar-refractivity contribution in [1.29, 1.82) is 0 Å². The van der Waals surface area contributed by atoms with Crippen molar-refractivity contribution in [2.75, 3.05) is 0 Å². The van der Waals surface area contributed by atoms with Gasteiger partial charge in [-0.2, -0.15) is 0 Å². The van der Waals surface area contributed by atoms with Gasteiger partial charge in [0.15, 0.2) is 0 Å². The molecule has 3 N–H and O–H groups in total. The van der Waals surface area contributed by atoms with Gasteiger partial charge in [-0.15, -0.1) is 0 Å². The highest BCUT2D eigenvalue weighted by Gasteiger charge is 2.65. The van der Waals surface area contributed by atoms with Crippen LogP contribution in [0.5, 0.6) is 0 Å². The van der Waals surface area contributed by atoms with Crippen molar-refractivity contribution in [3.8, 4) is 0 Å². The molecule has 5 unspecified atom stereocenters. The molecule has 0 bridgehead atoms. The number of carbonyl (C=O) groups is 1. The van der Waals surface area contributed by atoms with Crippen LogP contribution in [-0.2, 0) is 16.1 Å². The lowest BCUT2D eigenvalue weighted by molar-refractivity contribution is -0.207. The van der Waals surface area contributed by atoms with Gasteiger partial charge >= 0.3 is 5.97 Å². The van der Waals surface area contributed by atoms with Crippen molar-refractivity contribution in [3.63, 3.8) is 0 Å². The Labute approximate surface area is 216 Å². The number of benzene rings is 1. The van der Waals surface area contributed by atoms with Crippen LogP contribution in [0.1, 0.15) is 84.1 Å². The molecule has 5 heteroatoms. The summed E-state index contributed by atoms with van der Waals surface area (Å²) in [6.45, 7) is 7.19. The molecule has 5 rings (SSSR count). The molecule has 4 aliphatic carbocycles. The van der Waals surface area contributed by atoms with Gasteiger partial charge in [0.1, 0.15) is 6.61 Å². The molecule has 0 amide bonds. The maximum absolute atomic E-state index is 12.5. The molecule has 4 aliphatic rings. The SMILES string of the molecule is C[C@H](CCC(=O)OCc1ccccc1)C1CC[C@H]2C3[C@H](O)CC4C[C@H](O)CCC4(C)[C@H]3C[C@H](O)C12C. The van der Waals surface area contributed by atoms with E-state index in [4.69, 9.17) is 4.74 Å². The molecule has 0 aromatic heterocycles. The molecule has 11 atom stereocenters. The van der Waals surface area contributed by atoms with E-state index in [0.29, 0.717) is 42.6 Å². The first kappa shape index (κ1) is 26.2. The molecule has 4 saturated carbocycles. The Morgan fingerprint density at radius 3 is 2.53 bits per heavy atom. The number of aliphatic hydroxyl groups is 3. The Hall–Kier alpha value is -1.43. The second kappa shape index (κ2) is 10.0. The van der Waals surface area contributed by atoms with Gasteiger partial charge in [-0.1, -0.05) is 51.1 Å². The summed E-state index contributed by atoms with van der Waals surface area (Å²) < 4.78 is 5.51. The van der Waals surface area contributed by atoms with Crippen molar-refractivity contribution in [2.24, 2.45) is 46.3 Å². The fraction of sp³-hybridized carbons (Fsp3) is 0.774. The molecule has 200 valence electrons. The minimum absolute atomic E-state index is 0.0949. The second-order valence-electron chi connectivity index (χ2n) is 13.2. The van der Waals surface area contributed by atoms with E-state index < -0.39 is 6.10 Å². The lowest BCUT2D eigenvalue weighted by atomic mass is 9.43. The molecule has 36 heavy (non-hydrogen) atoms. The van der Waals surface area contributed by atoms with Crippen molar-refractivity contribution in [1.82, 2.24) is 0 Å². The van der Waals surface area contributed by atoms with E-state index >= 15 is 0 Å². The number of carbonyl (C=O) groups excluding carboxylic acids is 1. The molecule has 0 radical (unpaired) electrons. The molecule has 0 heterocycles. The van der Waals surface area contributed by atoms with Gasteiger partial charge in [0.05, 0.1) is 18.3 Å². The normalized spacial score (nSPS) is 44.7. The van der Waals surface area contributed by atoms with Crippen molar-refractivity contribution >= 4 is 5.97 Å². The number of aliphatic hydroxyl groups excluding tert-OH is 3. The van der Waals surface area contributed by atoms with Crippen LogP contribution in [0, 0.1) is 46.3 Å². The molecule has 0 aliphatic heterocycles. The number of ether oxygens (including phenoxy) is 1. The van der Waals surface area contributed by atoms with Gasteiger partial charge < -0.3 is 20.1 Å². The molecular weight excluding hydrogens is 452 g/mol. The highest BCUT2D eigenvalue weighted by molar-refractivity contribution is 5.69. The van der Waals surface area contributed by atoms with Gasteiger partial charge in [-0.25, -0.2) is 0 Å². The third-order valence-electron chi connectivity index (χ3n) is 11.6. The number of esters is 1. The Kier molecular flexibility index (Phi) is 7.30. The van der Waals surface area contributed by atoms with Gasteiger partial charge in [-0.05, 0) is 103 Å². The standard InChI is InChI=1S/C31H46O5/c1-19(9-12-28(35)36-18-20-7-5-4-6-8-20)23-10-11-24-29-25(17-27(34)31(23,24)3)30(2)14-13-22(32)15-21(30)16-26(29)33/h4-8,19,21-27,29,32-34H,9-18H2,1-3H3/t19-,21?,22-,23?,24+,25+,26-,27+,29?,30?,31?/m1/s1. The Balaban J connectivity index is 1.25. The van der Waals surface area contributed by atoms with Crippen molar-refractivity contribution < 1.29 is 24.9 Å². The maximum Gasteiger partial charge on any atom is 0.306 e. The fourth-order valence-corrected chi connectivity index (χ4v) is 9.49. The van der Waals surface area contributed by atoms with E-state index in [1.54, 1.807) is 0 Å². The van der Waals surface area contributed by atoms with Crippen molar-refractivity contribution in [3.05, 3.63) is 35.9 Å². The van der Waals surface area contributed by atoms with Crippen LogP contribution in [0.25, 0.3) is 0 Å². The smallest absolute Gasteiger partial charge is 0.306 e. The number of hydrogen-bond acceptors (Lipinski definition) is 5. The highest BCUT2D eigenvalue weighted by atomic mass is 16.5. The minimum atomic E-state index is -0.390. The summed E-state index contributed by atoms with van der Waals surface area (Å²) in [7, 11) is 0. The third kappa shape index (κ3) is 4.43. The summed E-state index contributed by atoms with van der Waals surface area (Å²) in [6, 6.07) is 9.78. The fourth-order valence-electron chi connectivity index (χ4n) is 9.49. The third-order valence-corrected chi connectivity index (χ3v) is 11.6. The van der Waals surface area contributed by atoms with Gasteiger partial charge in [0.2, 0.25) is 0 Å². The average molecular weight is 499 g/mol. The average Bonchev–Trinajstić information content (AvgIpc) is 3.22. The summed E-state index contributed by atoms with van der Waals surface area (Å²) >= 11 is 0. The van der Waals surface area contributed by atoms with E-state index in [1.165, 1.54) is 0 Å². The number of rotatable bonds is 6. The van der Waals surface area contributed by atoms with Crippen molar-refractivity contribution in [2.45, 2.75) is 103 Å².